The van der Waals surface area contributed by atoms with E-state index < -0.39 is 12.7 Å². The molecule has 0 unspecified atom stereocenters. The lowest BCUT2D eigenvalue weighted by atomic mass is 9.98. The molecular formula is C15H20F3NO. The van der Waals surface area contributed by atoms with Gasteiger partial charge >= 0.3 is 6.18 Å². The first-order valence-electron chi connectivity index (χ1n) is 6.54. The van der Waals surface area contributed by atoms with Gasteiger partial charge in [-0.3, -0.25) is 9.69 Å². The van der Waals surface area contributed by atoms with Gasteiger partial charge in [0.25, 0.3) is 0 Å². The van der Waals surface area contributed by atoms with Crippen LogP contribution in [-0.4, -0.2) is 36.5 Å². The lowest BCUT2D eigenvalue weighted by molar-refractivity contribution is -0.144. The van der Waals surface area contributed by atoms with Gasteiger partial charge in [-0.1, -0.05) is 13.0 Å². The Kier molecular flexibility index (Phi) is 5.34. The number of rotatable bonds is 5. The number of carbonyl (C=O) groups excluding carboxylic acids is 1. The Morgan fingerprint density at radius 1 is 1.10 bits per heavy atom. The molecule has 1 rings (SSSR count). The molecule has 112 valence electrons. The first-order valence-corrected chi connectivity index (χ1v) is 6.54. The van der Waals surface area contributed by atoms with Crippen molar-refractivity contribution in [2.75, 3.05) is 19.6 Å². The van der Waals surface area contributed by atoms with E-state index in [1.165, 1.54) is 0 Å². The van der Waals surface area contributed by atoms with Crippen molar-refractivity contribution in [3.05, 3.63) is 34.4 Å². The van der Waals surface area contributed by atoms with Crippen LogP contribution in [0.1, 0.15) is 34.0 Å². The second-order valence-electron chi connectivity index (χ2n) is 5.09. The van der Waals surface area contributed by atoms with E-state index in [9.17, 15) is 18.0 Å². The van der Waals surface area contributed by atoms with Gasteiger partial charge in [-0.15, -0.1) is 0 Å². The zero-order valence-corrected chi connectivity index (χ0v) is 12.3. The van der Waals surface area contributed by atoms with Crippen LogP contribution >= 0.6 is 0 Å². The standard InChI is InChI=1S/C15H20F3NO/c1-5-19(9-15(16,17)18)8-14(20)13-7-11(3)10(2)6-12(13)4/h6-7H,5,8-9H2,1-4H3. The van der Waals surface area contributed by atoms with Gasteiger partial charge in [0.1, 0.15) is 0 Å². The molecule has 0 radical (unpaired) electrons. The van der Waals surface area contributed by atoms with Crippen molar-refractivity contribution in [2.24, 2.45) is 0 Å². The summed E-state index contributed by atoms with van der Waals surface area (Å²) in [6.45, 7) is 6.18. The third-order valence-electron chi connectivity index (χ3n) is 3.36. The van der Waals surface area contributed by atoms with E-state index >= 15 is 0 Å². The number of aryl methyl sites for hydroxylation is 3. The van der Waals surface area contributed by atoms with Gasteiger partial charge in [0.05, 0.1) is 13.1 Å². The normalized spacial score (nSPS) is 12.0. The van der Waals surface area contributed by atoms with Gasteiger partial charge in [-0.05, 0) is 50.1 Å². The number of Topliss-reactive ketones (excluding diaryl/α,β-unsaturated/α-hetero) is 1. The molecule has 2 nitrogen and oxygen atoms in total. The molecule has 0 aliphatic rings. The zero-order valence-electron chi connectivity index (χ0n) is 12.3. The minimum atomic E-state index is -4.28. The fourth-order valence-electron chi connectivity index (χ4n) is 2.08. The van der Waals surface area contributed by atoms with Crippen LogP contribution in [0.2, 0.25) is 0 Å². The molecule has 0 atom stereocenters. The Labute approximate surface area is 117 Å². The van der Waals surface area contributed by atoms with Crippen molar-refractivity contribution < 1.29 is 18.0 Å². The number of ketones is 1. The number of hydrogen-bond acceptors (Lipinski definition) is 2. The van der Waals surface area contributed by atoms with E-state index in [0.29, 0.717) is 5.56 Å². The van der Waals surface area contributed by atoms with E-state index in [-0.39, 0.29) is 18.9 Å². The average molecular weight is 287 g/mol. The Bertz CT molecular complexity index is 495. The molecule has 0 saturated carbocycles. The van der Waals surface area contributed by atoms with Crippen LogP contribution in [0.25, 0.3) is 0 Å². The summed E-state index contributed by atoms with van der Waals surface area (Å²) in [5.41, 5.74) is 3.36. The molecule has 0 aromatic heterocycles. The van der Waals surface area contributed by atoms with Crippen molar-refractivity contribution in [2.45, 2.75) is 33.9 Å². The van der Waals surface area contributed by atoms with Crippen LogP contribution in [0.3, 0.4) is 0 Å². The topological polar surface area (TPSA) is 20.3 Å². The van der Waals surface area contributed by atoms with Crippen molar-refractivity contribution >= 4 is 5.78 Å². The fraction of sp³-hybridized carbons (Fsp3) is 0.533. The predicted octanol–water partition coefficient (Wildman–Crippen LogP) is 3.68. The van der Waals surface area contributed by atoms with E-state index in [0.717, 1.165) is 21.6 Å². The van der Waals surface area contributed by atoms with Crippen LogP contribution in [-0.2, 0) is 0 Å². The summed E-state index contributed by atoms with van der Waals surface area (Å²) in [5.74, 6) is -0.267. The molecule has 1 aromatic carbocycles. The monoisotopic (exact) mass is 287 g/mol. The maximum absolute atomic E-state index is 12.4. The van der Waals surface area contributed by atoms with Gasteiger partial charge in [-0.2, -0.15) is 13.2 Å². The molecule has 0 spiro atoms. The highest BCUT2D eigenvalue weighted by molar-refractivity contribution is 5.99. The maximum Gasteiger partial charge on any atom is 0.401 e. The summed E-state index contributed by atoms with van der Waals surface area (Å²) in [4.78, 5) is 13.3. The molecule has 0 aliphatic carbocycles. The van der Waals surface area contributed by atoms with Crippen molar-refractivity contribution in [1.29, 1.82) is 0 Å². The first-order chi connectivity index (χ1) is 9.14. The summed E-state index contributed by atoms with van der Waals surface area (Å²) in [6.07, 6.45) is -4.28. The predicted molar refractivity (Wildman–Crippen MR) is 73.2 cm³/mol. The number of halogens is 3. The van der Waals surface area contributed by atoms with Crippen LogP contribution in [0, 0.1) is 20.8 Å². The third-order valence-corrected chi connectivity index (χ3v) is 3.36. The summed E-state index contributed by atoms with van der Waals surface area (Å²) in [5, 5.41) is 0. The fourth-order valence-corrected chi connectivity index (χ4v) is 2.08. The first kappa shape index (κ1) is 16.7. The Morgan fingerprint density at radius 2 is 1.65 bits per heavy atom. The minimum Gasteiger partial charge on any atom is -0.293 e. The Hall–Kier alpha value is -1.36. The molecule has 20 heavy (non-hydrogen) atoms. The maximum atomic E-state index is 12.4. The molecule has 0 aliphatic heterocycles. The summed E-state index contributed by atoms with van der Waals surface area (Å²) in [7, 11) is 0. The Balaban J connectivity index is 2.87. The van der Waals surface area contributed by atoms with Crippen LogP contribution in [0.15, 0.2) is 12.1 Å². The third kappa shape index (κ3) is 4.63. The van der Waals surface area contributed by atoms with Crippen LogP contribution in [0.5, 0.6) is 0 Å². The minimum absolute atomic E-state index is 0.190. The van der Waals surface area contributed by atoms with Gasteiger partial charge in [0, 0.05) is 5.56 Å². The molecule has 5 heteroatoms. The number of hydrogen-bond donors (Lipinski definition) is 0. The number of nitrogens with zero attached hydrogens (tertiary/aromatic N) is 1. The van der Waals surface area contributed by atoms with Gasteiger partial charge in [0.15, 0.2) is 5.78 Å². The number of benzene rings is 1. The lowest BCUT2D eigenvalue weighted by Gasteiger charge is -2.21. The van der Waals surface area contributed by atoms with Crippen LogP contribution < -0.4 is 0 Å². The van der Waals surface area contributed by atoms with Crippen molar-refractivity contribution in [3.63, 3.8) is 0 Å². The molecule has 0 bridgehead atoms. The van der Waals surface area contributed by atoms with Gasteiger partial charge in [-0.25, -0.2) is 0 Å². The molecule has 0 amide bonds. The average Bonchev–Trinajstić information content (AvgIpc) is 2.31. The van der Waals surface area contributed by atoms with Gasteiger partial charge in [0.2, 0.25) is 0 Å². The number of likely N-dealkylation sites (N-methyl/N-ethyl adjacent to an activating group) is 1. The molecule has 0 heterocycles. The molecule has 0 N–H and O–H groups in total. The number of alkyl halides is 3. The highest BCUT2D eigenvalue weighted by Gasteiger charge is 2.31. The van der Waals surface area contributed by atoms with Crippen molar-refractivity contribution in [1.82, 2.24) is 4.90 Å². The summed E-state index contributed by atoms with van der Waals surface area (Å²) in [6, 6.07) is 3.65. The highest BCUT2D eigenvalue weighted by Crippen LogP contribution is 2.19. The smallest absolute Gasteiger partial charge is 0.293 e. The second kappa shape index (κ2) is 6.39. The highest BCUT2D eigenvalue weighted by atomic mass is 19.4. The lowest BCUT2D eigenvalue weighted by Crippen LogP contribution is -2.37. The second-order valence-corrected chi connectivity index (χ2v) is 5.09. The van der Waals surface area contributed by atoms with E-state index in [1.54, 1.807) is 19.9 Å². The van der Waals surface area contributed by atoms with Crippen molar-refractivity contribution in [3.8, 4) is 0 Å². The SMILES string of the molecule is CCN(CC(=O)c1cc(C)c(C)cc1C)CC(F)(F)F. The molecule has 1 aromatic rings. The number of carbonyl (C=O) groups is 1. The van der Waals surface area contributed by atoms with E-state index in [2.05, 4.69) is 0 Å². The largest absolute Gasteiger partial charge is 0.401 e. The van der Waals surface area contributed by atoms with E-state index in [4.69, 9.17) is 0 Å². The van der Waals surface area contributed by atoms with E-state index in [1.807, 2.05) is 19.9 Å². The summed E-state index contributed by atoms with van der Waals surface area (Å²) >= 11 is 0. The molecule has 0 saturated heterocycles. The Morgan fingerprint density at radius 3 is 2.15 bits per heavy atom. The van der Waals surface area contributed by atoms with Crippen LogP contribution in [0.4, 0.5) is 13.2 Å². The molecule has 0 fully saturated rings. The quantitative estimate of drug-likeness (QED) is 0.770. The zero-order chi connectivity index (χ0) is 15.5. The summed E-state index contributed by atoms with van der Waals surface area (Å²) < 4.78 is 37.2. The van der Waals surface area contributed by atoms with Gasteiger partial charge < -0.3 is 0 Å². The molecular weight excluding hydrogens is 267 g/mol.